The molecule has 0 spiro atoms. The van der Waals surface area contributed by atoms with Crippen molar-refractivity contribution in [3.05, 3.63) is 23.3 Å². The van der Waals surface area contributed by atoms with Crippen molar-refractivity contribution in [1.82, 2.24) is 0 Å². The SMILES string of the molecule is Cc1cc2c(cc1C(=O)OCC(=O)ON)NC(=O)CO2. The maximum atomic E-state index is 11.8. The molecule has 8 heteroatoms. The quantitative estimate of drug-likeness (QED) is 0.586. The lowest BCUT2D eigenvalue weighted by Gasteiger charge is -2.19. The van der Waals surface area contributed by atoms with Crippen LogP contribution in [0, 0.1) is 6.92 Å². The molecule has 1 aromatic rings. The smallest absolute Gasteiger partial charge is 0.362 e. The predicted octanol–water partition coefficient (Wildman–Crippen LogP) is -0.100. The van der Waals surface area contributed by atoms with Gasteiger partial charge in [-0.2, -0.15) is 5.90 Å². The molecule has 0 saturated heterocycles. The Morgan fingerprint density at radius 2 is 2.20 bits per heavy atom. The first-order valence-corrected chi connectivity index (χ1v) is 5.65. The minimum Gasteiger partial charge on any atom is -0.482 e. The minimum atomic E-state index is -0.870. The lowest BCUT2D eigenvalue weighted by Crippen LogP contribution is -2.26. The van der Waals surface area contributed by atoms with E-state index in [4.69, 9.17) is 9.47 Å². The molecule has 1 aromatic carbocycles. The second kappa shape index (κ2) is 5.57. The number of carbonyl (C=O) groups excluding carboxylic acids is 3. The Labute approximate surface area is 113 Å². The molecule has 8 nitrogen and oxygen atoms in total. The monoisotopic (exact) mass is 280 g/mol. The van der Waals surface area contributed by atoms with Gasteiger partial charge in [0.1, 0.15) is 5.75 Å². The number of amides is 1. The number of hydrogen-bond acceptors (Lipinski definition) is 7. The second-order valence-electron chi connectivity index (χ2n) is 4.07. The summed E-state index contributed by atoms with van der Waals surface area (Å²) in [7, 11) is 0. The number of fused-ring (bicyclic) bond motifs is 1. The van der Waals surface area contributed by atoms with Crippen molar-refractivity contribution >= 4 is 23.5 Å². The maximum Gasteiger partial charge on any atom is 0.362 e. The topological polar surface area (TPSA) is 117 Å². The number of esters is 1. The molecule has 1 aliphatic rings. The molecule has 0 saturated carbocycles. The first-order chi connectivity index (χ1) is 9.51. The molecule has 3 N–H and O–H groups in total. The number of carbonyl (C=O) groups is 3. The van der Waals surface area contributed by atoms with Crippen LogP contribution in [-0.2, 0) is 19.2 Å². The van der Waals surface area contributed by atoms with Gasteiger partial charge in [-0.1, -0.05) is 0 Å². The van der Waals surface area contributed by atoms with Gasteiger partial charge in [-0.3, -0.25) is 4.79 Å². The van der Waals surface area contributed by atoms with Crippen LogP contribution in [0.15, 0.2) is 12.1 Å². The van der Waals surface area contributed by atoms with Gasteiger partial charge >= 0.3 is 11.9 Å². The highest BCUT2D eigenvalue weighted by Crippen LogP contribution is 2.31. The van der Waals surface area contributed by atoms with Gasteiger partial charge in [0.25, 0.3) is 5.91 Å². The Morgan fingerprint density at radius 3 is 2.90 bits per heavy atom. The Morgan fingerprint density at radius 1 is 1.45 bits per heavy atom. The molecule has 1 amide bonds. The van der Waals surface area contributed by atoms with Gasteiger partial charge in [0.2, 0.25) is 0 Å². The summed E-state index contributed by atoms with van der Waals surface area (Å²) in [5.41, 5.74) is 1.17. The number of nitrogens with one attached hydrogen (secondary N) is 1. The Kier molecular flexibility index (Phi) is 3.85. The molecule has 1 aliphatic heterocycles. The number of hydrogen-bond donors (Lipinski definition) is 2. The van der Waals surface area contributed by atoms with Crippen LogP contribution in [0.1, 0.15) is 15.9 Å². The fraction of sp³-hybridized carbons (Fsp3) is 0.250. The molecule has 0 aliphatic carbocycles. The van der Waals surface area contributed by atoms with Crippen LogP contribution < -0.4 is 16.0 Å². The van der Waals surface area contributed by atoms with E-state index in [-0.39, 0.29) is 18.1 Å². The van der Waals surface area contributed by atoms with Crippen molar-refractivity contribution < 1.29 is 28.7 Å². The van der Waals surface area contributed by atoms with Crippen LogP contribution in [0.25, 0.3) is 0 Å². The summed E-state index contributed by atoms with van der Waals surface area (Å²) in [6.07, 6.45) is 0. The van der Waals surface area contributed by atoms with Crippen molar-refractivity contribution in [2.24, 2.45) is 5.90 Å². The van der Waals surface area contributed by atoms with Crippen LogP contribution in [-0.4, -0.2) is 31.1 Å². The summed E-state index contributed by atoms with van der Waals surface area (Å²) in [4.78, 5) is 37.7. The average molecular weight is 280 g/mol. The van der Waals surface area contributed by atoms with Crippen LogP contribution in [0.5, 0.6) is 5.75 Å². The largest absolute Gasteiger partial charge is 0.482 e. The van der Waals surface area contributed by atoms with Crippen molar-refractivity contribution in [3.63, 3.8) is 0 Å². The fourth-order valence-electron chi connectivity index (χ4n) is 1.68. The molecular weight excluding hydrogens is 268 g/mol. The molecular formula is C12H12N2O6. The number of rotatable bonds is 3. The van der Waals surface area contributed by atoms with Gasteiger partial charge in [-0.15, -0.1) is 0 Å². The number of benzene rings is 1. The third-order valence-corrected chi connectivity index (χ3v) is 2.63. The maximum absolute atomic E-state index is 11.8. The van der Waals surface area contributed by atoms with E-state index in [1.807, 2.05) is 0 Å². The highest BCUT2D eigenvalue weighted by Gasteiger charge is 2.21. The summed E-state index contributed by atoms with van der Waals surface area (Å²) < 4.78 is 9.94. The summed E-state index contributed by atoms with van der Waals surface area (Å²) in [6.45, 7) is 1.02. The molecule has 2 rings (SSSR count). The fourth-order valence-corrected chi connectivity index (χ4v) is 1.68. The first kappa shape index (κ1) is 13.8. The van der Waals surface area contributed by atoms with Gasteiger partial charge in [-0.05, 0) is 24.6 Å². The lowest BCUT2D eigenvalue weighted by molar-refractivity contribution is -0.147. The summed E-state index contributed by atoms with van der Waals surface area (Å²) in [6, 6.07) is 3.03. The molecule has 0 atom stereocenters. The van der Waals surface area contributed by atoms with Crippen molar-refractivity contribution in [2.45, 2.75) is 6.92 Å². The number of ether oxygens (including phenoxy) is 2. The molecule has 0 fully saturated rings. The molecule has 1 heterocycles. The van der Waals surface area contributed by atoms with Crippen molar-refractivity contribution in [3.8, 4) is 5.75 Å². The third kappa shape index (κ3) is 2.86. The van der Waals surface area contributed by atoms with Crippen molar-refractivity contribution in [1.29, 1.82) is 0 Å². The van der Waals surface area contributed by atoms with Crippen LogP contribution in [0.2, 0.25) is 0 Å². The lowest BCUT2D eigenvalue weighted by atomic mass is 10.1. The zero-order valence-corrected chi connectivity index (χ0v) is 10.6. The highest BCUT2D eigenvalue weighted by atomic mass is 16.7. The molecule has 106 valence electrons. The van der Waals surface area contributed by atoms with Gasteiger partial charge in [0.15, 0.2) is 13.2 Å². The zero-order chi connectivity index (χ0) is 14.7. The van der Waals surface area contributed by atoms with E-state index >= 15 is 0 Å². The summed E-state index contributed by atoms with van der Waals surface area (Å²) in [5.74, 6) is 3.19. The normalized spacial score (nSPS) is 12.8. The molecule has 20 heavy (non-hydrogen) atoms. The molecule has 0 unspecified atom stereocenters. The Balaban J connectivity index is 2.19. The minimum absolute atomic E-state index is 0.0709. The van der Waals surface area contributed by atoms with Crippen LogP contribution in [0.4, 0.5) is 5.69 Å². The second-order valence-corrected chi connectivity index (χ2v) is 4.07. The number of anilines is 1. The van der Waals surface area contributed by atoms with Gasteiger partial charge in [0.05, 0.1) is 11.3 Å². The average Bonchev–Trinajstić information content (AvgIpc) is 2.44. The van der Waals surface area contributed by atoms with Gasteiger partial charge < -0.3 is 19.6 Å². The molecule has 0 radical (unpaired) electrons. The van der Waals surface area contributed by atoms with E-state index in [2.05, 4.69) is 16.1 Å². The number of nitrogens with two attached hydrogens (primary N) is 1. The molecule has 0 aromatic heterocycles. The van der Waals surface area contributed by atoms with E-state index in [1.165, 1.54) is 6.07 Å². The van der Waals surface area contributed by atoms with Crippen LogP contribution >= 0.6 is 0 Å². The van der Waals surface area contributed by atoms with Crippen molar-refractivity contribution in [2.75, 3.05) is 18.5 Å². The van der Waals surface area contributed by atoms with Crippen LogP contribution in [0.3, 0.4) is 0 Å². The van der Waals surface area contributed by atoms with E-state index in [0.717, 1.165) is 0 Å². The summed E-state index contributed by atoms with van der Waals surface area (Å²) >= 11 is 0. The highest BCUT2D eigenvalue weighted by molar-refractivity contribution is 5.99. The number of aryl methyl sites for hydroxylation is 1. The standard InChI is InChI=1S/C12H12N2O6/c1-6-2-9-8(14-10(15)4-18-9)3-7(6)12(17)19-5-11(16)20-13/h2-3H,4-5,13H2,1H3,(H,14,15). The van der Waals surface area contributed by atoms with Gasteiger partial charge in [-0.25, -0.2) is 9.59 Å². The van der Waals surface area contributed by atoms with Gasteiger partial charge in [0, 0.05) is 0 Å². The van der Waals surface area contributed by atoms with E-state index in [0.29, 0.717) is 17.0 Å². The molecule has 0 bridgehead atoms. The van der Waals surface area contributed by atoms with E-state index < -0.39 is 18.5 Å². The third-order valence-electron chi connectivity index (χ3n) is 2.63. The predicted molar refractivity (Wildman–Crippen MR) is 65.9 cm³/mol. The summed E-state index contributed by atoms with van der Waals surface area (Å²) in [5, 5.41) is 2.58. The zero-order valence-electron chi connectivity index (χ0n) is 10.6. The Bertz CT molecular complexity index is 584. The van der Waals surface area contributed by atoms with E-state index in [9.17, 15) is 14.4 Å². The van der Waals surface area contributed by atoms with E-state index in [1.54, 1.807) is 13.0 Å². The Hall–Kier alpha value is -2.61. The first-order valence-electron chi connectivity index (χ1n) is 5.65.